The highest BCUT2D eigenvalue weighted by molar-refractivity contribution is 5.82. The first-order valence-electron chi connectivity index (χ1n) is 7.70. The van der Waals surface area contributed by atoms with Crippen LogP contribution in [0.2, 0.25) is 0 Å². The van der Waals surface area contributed by atoms with E-state index in [0.29, 0.717) is 5.69 Å². The van der Waals surface area contributed by atoms with Crippen LogP contribution in [0, 0.1) is 6.92 Å². The minimum absolute atomic E-state index is 0.161. The standard InChI is InChI=1S/C18H17N3O2.CH4O/c1-13-17(19-12-14-8-10-16(22)11-9-14)18(23)21(20(13)2)15-6-4-3-5-7-15;1-2/h3-12,22H,1-2H3;2H,1H3. The molecule has 0 aliphatic heterocycles. The van der Waals surface area contributed by atoms with E-state index < -0.39 is 0 Å². The molecule has 0 saturated carbocycles. The van der Waals surface area contributed by atoms with Gasteiger partial charge in [-0.1, -0.05) is 18.2 Å². The summed E-state index contributed by atoms with van der Waals surface area (Å²) in [5.41, 5.74) is 2.65. The zero-order valence-electron chi connectivity index (χ0n) is 14.4. The summed E-state index contributed by atoms with van der Waals surface area (Å²) in [6, 6.07) is 16.1. The van der Waals surface area contributed by atoms with Gasteiger partial charge in [0.1, 0.15) is 5.75 Å². The summed E-state index contributed by atoms with van der Waals surface area (Å²) in [5, 5.41) is 16.3. The molecule has 0 spiro atoms. The Morgan fingerprint density at radius 1 is 1.00 bits per heavy atom. The van der Waals surface area contributed by atoms with Crippen molar-refractivity contribution in [2.24, 2.45) is 12.0 Å². The fraction of sp³-hybridized carbons (Fsp3) is 0.158. The van der Waals surface area contributed by atoms with Crippen molar-refractivity contribution < 1.29 is 10.2 Å². The molecule has 0 fully saturated rings. The van der Waals surface area contributed by atoms with E-state index in [-0.39, 0.29) is 11.3 Å². The second-order valence-corrected chi connectivity index (χ2v) is 5.26. The van der Waals surface area contributed by atoms with Crippen LogP contribution in [0.15, 0.2) is 64.4 Å². The number of aromatic hydroxyl groups is 1. The van der Waals surface area contributed by atoms with Gasteiger partial charge in [-0.15, -0.1) is 0 Å². The number of hydrogen-bond acceptors (Lipinski definition) is 4. The highest BCUT2D eigenvalue weighted by atomic mass is 16.3. The summed E-state index contributed by atoms with van der Waals surface area (Å²) in [5.74, 6) is 0.199. The molecule has 25 heavy (non-hydrogen) atoms. The zero-order chi connectivity index (χ0) is 18.4. The second-order valence-electron chi connectivity index (χ2n) is 5.26. The predicted molar refractivity (Wildman–Crippen MR) is 99.3 cm³/mol. The molecule has 1 aromatic heterocycles. The molecule has 1 heterocycles. The van der Waals surface area contributed by atoms with E-state index in [1.807, 2.05) is 44.3 Å². The van der Waals surface area contributed by atoms with Crippen molar-refractivity contribution >= 4 is 11.9 Å². The monoisotopic (exact) mass is 339 g/mol. The van der Waals surface area contributed by atoms with Crippen LogP contribution in [0.3, 0.4) is 0 Å². The Kier molecular flexibility index (Phi) is 5.92. The van der Waals surface area contributed by atoms with Crippen molar-refractivity contribution in [1.82, 2.24) is 9.36 Å². The normalized spacial score (nSPS) is 10.6. The zero-order valence-corrected chi connectivity index (χ0v) is 14.4. The fourth-order valence-electron chi connectivity index (χ4n) is 2.40. The van der Waals surface area contributed by atoms with Crippen LogP contribution in [0.25, 0.3) is 5.69 Å². The number of rotatable bonds is 3. The first-order valence-corrected chi connectivity index (χ1v) is 7.70. The number of aromatic nitrogens is 2. The summed E-state index contributed by atoms with van der Waals surface area (Å²) in [4.78, 5) is 17.0. The van der Waals surface area contributed by atoms with Crippen LogP contribution < -0.4 is 5.56 Å². The van der Waals surface area contributed by atoms with Gasteiger partial charge in [0.15, 0.2) is 5.69 Å². The maximum atomic E-state index is 12.7. The summed E-state index contributed by atoms with van der Waals surface area (Å²) in [7, 11) is 2.84. The maximum Gasteiger partial charge on any atom is 0.297 e. The van der Waals surface area contributed by atoms with Gasteiger partial charge in [0.05, 0.1) is 11.4 Å². The first kappa shape index (κ1) is 18.2. The van der Waals surface area contributed by atoms with Crippen molar-refractivity contribution in [2.75, 3.05) is 7.11 Å². The van der Waals surface area contributed by atoms with E-state index >= 15 is 0 Å². The van der Waals surface area contributed by atoms with Crippen LogP contribution in [0.1, 0.15) is 11.3 Å². The van der Waals surface area contributed by atoms with Crippen molar-refractivity contribution in [3.05, 3.63) is 76.2 Å². The molecule has 6 nitrogen and oxygen atoms in total. The van der Waals surface area contributed by atoms with Gasteiger partial charge in [-0.3, -0.25) is 9.48 Å². The molecule has 0 radical (unpaired) electrons. The smallest absolute Gasteiger partial charge is 0.297 e. The molecule has 0 atom stereocenters. The Labute approximate surface area is 145 Å². The molecule has 0 bridgehead atoms. The molecule has 2 N–H and O–H groups in total. The molecular weight excluding hydrogens is 318 g/mol. The molecule has 2 aromatic carbocycles. The number of para-hydroxylation sites is 1. The summed E-state index contributed by atoms with van der Waals surface area (Å²) >= 11 is 0. The van der Waals surface area contributed by atoms with Gasteiger partial charge in [0.2, 0.25) is 0 Å². The maximum absolute atomic E-state index is 12.7. The van der Waals surface area contributed by atoms with E-state index in [1.165, 1.54) is 0 Å². The molecule has 0 aliphatic carbocycles. The van der Waals surface area contributed by atoms with Crippen LogP contribution >= 0.6 is 0 Å². The SMILES string of the molecule is CO.Cc1c(N=Cc2ccc(O)cc2)c(=O)n(-c2ccccc2)n1C. The number of aliphatic hydroxyl groups is 1. The minimum atomic E-state index is -0.161. The van der Waals surface area contributed by atoms with Crippen LogP contribution in [0.5, 0.6) is 5.75 Å². The Bertz CT molecular complexity index is 908. The molecule has 0 aliphatic rings. The van der Waals surface area contributed by atoms with Gasteiger partial charge in [-0.05, 0) is 48.9 Å². The molecule has 3 aromatic rings. The van der Waals surface area contributed by atoms with Crippen molar-refractivity contribution in [1.29, 1.82) is 0 Å². The molecular formula is C19H21N3O3. The predicted octanol–water partition coefficient (Wildman–Crippen LogP) is 2.55. The van der Waals surface area contributed by atoms with Crippen molar-refractivity contribution in [2.45, 2.75) is 6.92 Å². The fourth-order valence-corrected chi connectivity index (χ4v) is 2.40. The lowest BCUT2D eigenvalue weighted by Gasteiger charge is -2.07. The largest absolute Gasteiger partial charge is 0.508 e. The topological polar surface area (TPSA) is 79.8 Å². The Balaban J connectivity index is 0.00000109. The molecule has 3 rings (SSSR count). The number of nitrogens with zero attached hydrogens (tertiary/aromatic N) is 3. The number of phenolic OH excluding ortho intramolecular Hbond substituents is 1. The van der Waals surface area contributed by atoms with Gasteiger partial charge >= 0.3 is 0 Å². The average molecular weight is 339 g/mol. The number of aliphatic imine (C=N–C) groups is 1. The van der Waals surface area contributed by atoms with Crippen LogP contribution in [-0.2, 0) is 7.05 Å². The highest BCUT2D eigenvalue weighted by Crippen LogP contribution is 2.17. The lowest BCUT2D eigenvalue weighted by atomic mass is 10.2. The number of hydrogen-bond donors (Lipinski definition) is 2. The minimum Gasteiger partial charge on any atom is -0.508 e. The van der Waals surface area contributed by atoms with Gasteiger partial charge < -0.3 is 10.2 Å². The van der Waals surface area contributed by atoms with E-state index in [9.17, 15) is 9.90 Å². The van der Waals surface area contributed by atoms with Crippen LogP contribution in [0.4, 0.5) is 5.69 Å². The molecule has 130 valence electrons. The quantitative estimate of drug-likeness (QED) is 0.720. The lowest BCUT2D eigenvalue weighted by Crippen LogP contribution is -2.19. The van der Waals surface area contributed by atoms with Gasteiger partial charge in [-0.25, -0.2) is 9.67 Å². The lowest BCUT2D eigenvalue weighted by molar-refractivity contribution is 0.399. The molecule has 0 saturated heterocycles. The average Bonchev–Trinajstić information content (AvgIpc) is 2.86. The Morgan fingerprint density at radius 3 is 2.20 bits per heavy atom. The number of benzene rings is 2. The third kappa shape index (κ3) is 3.87. The Morgan fingerprint density at radius 2 is 1.60 bits per heavy atom. The summed E-state index contributed by atoms with van der Waals surface area (Å²) in [6.45, 7) is 1.87. The van der Waals surface area contributed by atoms with E-state index in [0.717, 1.165) is 24.1 Å². The summed E-state index contributed by atoms with van der Waals surface area (Å²) < 4.78 is 3.39. The Hall–Kier alpha value is -3.12. The van der Waals surface area contributed by atoms with Gasteiger partial charge in [0.25, 0.3) is 5.56 Å². The third-order valence-corrected chi connectivity index (χ3v) is 3.76. The van der Waals surface area contributed by atoms with E-state index in [2.05, 4.69) is 4.99 Å². The molecule has 6 heteroatoms. The highest BCUT2D eigenvalue weighted by Gasteiger charge is 2.14. The van der Waals surface area contributed by atoms with Crippen LogP contribution in [-0.4, -0.2) is 32.9 Å². The van der Waals surface area contributed by atoms with E-state index in [4.69, 9.17) is 5.11 Å². The van der Waals surface area contributed by atoms with E-state index in [1.54, 1.807) is 39.8 Å². The first-order chi connectivity index (χ1) is 12.1. The van der Waals surface area contributed by atoms with Gasteiger partial charge in [0, 0.05) is 20.4 Å². The molecule has 0 amide bonds. The second kappa shape index (κ2) is 8.12. The van der Waals surface area contributed by atoms with Gasteiger partial charge in [-0.2, -0.15) is 0 Å². The third-order valence-electron chi connectivity index (χ3n) is 3.76. The number of aliphatic hydroxyl groups excluding tert-OH is 1. The number of phenols is 1. The summed E-state index contributed by atoms with van der Waals surface area (Å²) in [6.07, 6.45) is 1.62. The van der Waals surface area contributed by atoms with Crippen molar-refractivity contribution in [3.63, 3.8) is 0 Å². The van der Waals surface area contributed by atoms with Crippen molar-refractivity contribution in [3.8, 4) is 11.4 Å². The molecule has 0 unspecified atom stereocenters.